The van der Waals surface area contributed by atoms with Crippen LogP contribution < -0.4 is 34.5 Å². The van der Waals surface area contributed by atoms with Gasteiger partial charge in [-0.05, 0) is 12.8 Å². The molecule has 0 spiro atoms. The van der Waals surface area contributed by atoms with Crippen molar-refractivity contribution in [3.63, 3.8) is 0 Å². The van der Waals surface area contributed by atoms with Crippen LogP contribution in [0.2, 0.25) is 0 Å². The summed E-state index contributed by atoms with van der Waals surface area (Å²) in [5.74, 6) is 0. The first-order valence-corrected chi connectivity index (χ1v) is 14.8. The van der Waals surface area contributed by atoms with Crippen molar-refractivity contribution in [2.75, 3.05) is 13.2 Å². The summed E-state index contributed by atoms with van der Waals surface area (Å²) >= 11 is 0. The number of hydrogen-bond acceptors (Lipinski definition) is 3. The number of rotatable bonds is 22. The fourth-order valence-electron chi connectivity index (χ4n) is 3.49. The fourth-order valence-corrected chi connectivity index (χ4v) is 3.49. The zero-order valence-electron chi connectivity index (χ0n) is 23.0. The van der Waals surface area contributed by atoms with Crippen LogP contribution in [0.15, 0.2) is 13.2 Å². The summed E-state index contributed by atoms with van der Waals surface area (Å²) in [5, 5.41) is 0. The maximum Gasteiger partial charge on any atom is 1.00 e. The first kappa shape index (κ1) is 44.7. The molecule has 8 heteroatoms. The zero-order valence-corrected chi connectivity index (χ0v) is 25.9. The van der Waals surface area contributed by atoms with Crippen molar-refractivity contribution in [1.29, 1.82) is 0 Å². The third kappa shape index (κ3) is 63.8. The van der Waals surface area contributed by atoms with E-state index >= 15 is 0 Å². The average Bonchev–Trinajstić information content (AvgIpc) is 2.75. The van der Waals surface area contributed by atoms with E-state index in [0.29, 0.717) is 0 Å². The van der Waals surface area contributed by atoms with Gasteiger partial charge in [-0.3, -0.25) is 4.57 Å². The number of hydrogen-bond donors (Lipinski definition) is 2. The average molecular weight is 521 g/mol. The van der Waals surface area contributed by atoms with Crippen molar-refractivity contribution >= 4 is 7.82 Å². The van der Waals surface area contributed by atoms with Crippen molar-refractivity contribution in [1.82, 2.24) is 0 Å². The Bertz CT molecular complexity index is 339. The van der Waals surface area contributed by atoms with E-state index < -0.39 is 7.82 Å². The van der Waals surface area contributed by atoms with Crippen LogP contribution in [0.25, 0.3) is 0 Å². The van der Waals surface area contributed by atoms with Crippen LogP contribution in [-0.4, -0.2) is 28.5 Å². The molecular weight excluding hydrogens is 462 g/mol. The van der Waals surface area contributed by atoms with Gasteiger partial charge in [-0.2, -0.15) is 0 Å². The molecule has 0 aliphatic rings. The van der Waals surface area contributed by atoms with Gasteiger partial charge in [0.1, 0.15) is 0 Å². The molecule has 0 saturated heterocycles. The van der Waals surface area contributed by atoms with E-state index in [1.807, 2.05) is 0 Å². The summed E-state index contributed by atoms with van der Waals surface area (Å²) in [6, 6.07) is 0. The molecule has 34 heavy (non-hydrogen) atoms. The largest absolute Gasteiger partial charge is 1.00 e. The van der Waals surface area contributed by atoms with Gasteiger partial charge >= 0.3 is 29.6 Å². The zero-order chi connectivity index (χ0) is 24.8. The minimum absolute atomic E-state index is 0. The molecule has 0 radical (unpaired) electrons. The van der Waals surface area contributed by atoms with Crippen LogP contribution in [0, 0.1) is 0 Å². The van der Waals surface area contributed by atoms with Gasteiger partial charge < -0.3 is 24.9 Å². The van der Waals surface area contributed by atoms with Gasteiger partial charge in [0.15, 0.2) is 0 Å². The molecule has 0 bridgehead atoms. The normalized spacial score (nSPS) is 10.1. The Balaban J connectivity index is -0.000000274. The first-order chi connectivity index (χ1) is 15.4. The topological polar surface area (TPSA) is 121 Å². The van der Waals surface area contributed by atoms with Gasteiger partial charge in [0.05, 0.1) is 0 Å². The van der Waals surface area contributed by atoms with E-state index in [0.717, 1.165) is 13.2 Å². The minimum atomic E-state index is -4.89. The van der Waals surface area contributed by atoms with Gasteiger partial charge in [0.2, 0.25) is 0 Å². The quantitative estimate of drug-likeness (QED) is 0.0956. The van der Waals surface area contributed by atoms with Gasteiger partial charge in [0, 0.05) is 13.2 Å². The van der Waals surface area contributed by atoms with Gasteiger partial charge in [0.25, 0.3) is 7.82 Å². The number of unbranched alkanes of at least 4 members (excludes halogenated alkanes) is 18. The summed E-state index contributed by atoms with van der Waals surface area (Å²) in [4.78, 5) is 22.9. The van der Waals surface area contributed by atoms with Crippen molar-refractivity contribution < 1.29 is 59.0 Å². The third-order valence-corrected chi connectivity index (χ3v) is 5.28. The Morgan fingerprint density at radius 1 is 0.588 bits per heavy atom. The molecule has 0 rings (SSSR count). The number of ether oxygens (including phenoxy) is 1. The van der Waals surface area contributed by atoms with Crippen LogP contribution in [-0.2, 0) is 9.30 Å². The Morgan fingerprint density at radius 2 is 0.765 bits per heavy atom. The maximum atomic E-state index is 8.77. The summed E-state index contributed by atoms with van der Waals surface area (Å²) in [7, 11) is -4.89. The maximum absolute atomic E-state index is 8.77. The molecule has 0 heterocycles. The van der Waals surface area contributed by atoms with Gasteiger partial charge in [-0.1, -0.05) is 129 Å². The SMILES string of the molecule is C=C.CCCCCCCCCCCCOCCCCCCCCCCCC.O.O=P([O-])(O)O.[Na+]. The van der Waals surface area contributed by atoms with Gasteiger partial charge in [-0.15, -0.1) is 13.2 Å². The monoisotopic (exact) mass is 520 g/mol. The Labute approximate surface area is 234 Å². The molecule has 0 saturated carbocycles. The van der Waals surface area contributed by atoms with E-state index in [9.17, 15) is 0 Å². The molecule has 4 N–H and O–H groups in total. The second kappa shape index (κ2) is 40.9. The smallest absolute Gasteiger partial charge is 0.756 e. The molecular formula is C26H58NaO6P. The Morgan fingerprint density at radius 3 is 0.971 bits per heavy atom. The summed E-state index contributed by atoms with van der Waals surface area (Å²) < 4.78 is 14.5. The summed E-state index contributed by atoms with van der Waals surface area (Å²) in [5.41, 5.74) is 0. The van der Waals surface area contributed by atoms with E-state index in [1.54, 1.807) is 0 Å². The molecule has 0 aromatic rings. The predicted octanol–water partition coefficient (Wildman–Crippen LogP) is 4.27. The molecule has 0 amide bonds. The molecule has 0 aromatic heterocycles. The van der Waals surface area contributed by atoms with Gasteiger partial charge in [-0.25, -0.2) is 0 Å². The van der Waals surface area contributed by atoms with Crippen molar-refractivity contribution in [2.45, 2.75) is 142 Å². The van der Waals surface area contributed by atoms with E-state index in [4.69, 9.17) is 24.0 Å². The Hall–Kier alpha value is 0.770. The Kier molecular flexibility index (Phi) is 53.8. The van der Waals surface area contributed by atoms with Crippen molar-refractivity contribution in [3.05, 3.63) is 13.2 Å². The molecule has 0 atom stereocenters. The summed E-state index contributed by atoms with van der Waals surface area (Å²) in [6.07, 6.45) is 28.2. The van der Waals surface area contributed by atoms with E-state index in [-0.39, 0.29) is 35.0 Å². The minimum Gasteiger partial charge on any atom is -0.756 e. The first-order valence-electron chi connectivity index (χ1n) is 13.3. The second-order valence-electron chi connectivity index (χ2n) is 8.47. The van der Waals surface area contributed by atoms with Crippen LogP contribution in [0.3, 0.4) is 0 Å². The fraction of sp³-hybridized carbons (Fsp3) is 0.923. The van der Waals surface area contributed by atoms with Crippen molar-refractivity contribution in [2.24, 2.45) is 0 Å². The third-order valence-electron chi connectivity index (χ3n) is 5.28. The van der Waals surface area contributed by atoms with Crippen molar-refractivity contribution in [3.8, 4) is 0 Å². The summed E-state index contributed by atoms with van der Waals surface area (Å²) in [6.45, 7) is 12.6. The molecule has 0 aliphatic heterocycles. The van der Waals surface area contributed by atoms with Crippen LogP contribution in [0.1, 0.15) is 142 Å². The molecule has 204 valence electrons. The van der Waals surface area contributed by atoms with E-state index in [2.05, 4.69) is 27.0 Å². The molecule has 0 aromatic carbocycles. The molecule has 6 nitrogen and oxygen atoms in total. The molecule has 0 aliphatic carbocycles. The number of phosphoric acid groups is 1. The van der Waals surface area contributed by atoms with Crippen LogP contribution in [0.4, 0.5) is 0 Å². The molecule has 0 fully saturated rings. The second-order valence-corrected chi connectivity index (χ2v) is 9.45. The standard InChI is InChI=1S/C24H50O.C2H4.Na.H3O4P.H2O/c1-3-5-7-9-11-13-15-17-19-21-23-25-24-22-20-18-16-14-12-10-8-6-4-2;1-2;;1-5(2,3)4;/h3-24H2,1-2H3;1-2H2;;(H3,1,2,3,4);1H2/q;;+1;;/p-1. The predicted molar refractivity (Wildman–Crippen MR) is 141 cm³/mol. The molecule has 0 unspecified atom stereocenters. The van der Waals surface area contributed by atoms with E-state index in [1.165, 1.54) is 128 Å². The van der Waals surface area contributed by atoms with Crippen LogP contribution >= 0.6 is 7.82 Å². The van der Waals surface area contributed by atoms with Crippen LogP contribution in [0.5, 0.6) is 0 Å².